The van der Waals surface area contributed by atoms with Gasteiger partial charge in [-0.05, 0) is 97.2 Å². The van der Waals surface area contributed by atoms with Gasteiger partial charge in [-0.3, -0.25) is 4.79 Å². The van der Waals surface area contributed by atoms with E-state index in [1.165, 1.54) is 57.8 Å². The number of rotatable bonds is 8. The number of fused-ring (bicyclic) bond motifs is 5. The predicted octanol–water partition coefficient (Wildman–Crippen LogP) is 9.36. The third-order valence-electron chi connectivity index (χ3n) is 11.4. The minimum absolute atomic E-state index is 0.0635. The van der Waals surface area contributed by atoms with Crippen LogP contribution < -0.4 is 0 Å². The number of carbonyl (C=O) groups is 1. The number of alkyl halides is 1. The second kappa shape index (κ2) is 10.8. The Morgan fingerprint density at radius 2 is 1.77 bits per heavy atom. The first-order valence-electron chi connectivity index (χ1n) is 15.0. The number of allylic oxidation sites excluding steroid dienone is 1. The Morgan fingerprint density at radius 3 is 2.46 bits per heavy atom. The maximum atomic E-state index is 12.6. The van der Waals surface area contributed by atoms with Gasteiger partial charge in [0.15, 0.2) is 0 Å². The summed E-state index contributed by atoms with van der Waals surface area (Å²) in [5.74, 6) is 5.42. The minimum Gasteiger partial charge on any atom is -0.461 e. The summed E-state index contributed by atoms with van der Waals surface area (Å²) < 4.78 is 5.99. The molecular formula is C32H53BrO2. The number of ether oxygens (including phenoxy) is 1. The van der Waals surface area contributed by atoms with Gasteiger partial charge in [0.2, 0.25) is 0 Å². The SMILES string of the molecule is CC(C)CCCC(C)C1CCC2C3CC=C4CC(OC(=O)C(Br)C(C)C)CCC4(C)C3CCC12C. The van der Waals surface area contributed by atoms with Crippen molar-refractivity contribution in [2.45, 2.75) is 130 Å². The van der Waals surface area contributed by atoms with E-state index in [1.807, 2.05) is 0 Å². The van der Waals surface area contributed by atoms with E-state index in [-0.39, 0.29) is 22.8 Å². The second-order valence-electron chi connectivity index (χ2n) is 14.2. The van der Waals surface area contributed by atoms with Crippen LogP contribution in [0.2, 0.25) is 0 Å². The maximum Gasteiger partial charge on any atom is 0.320 e. The molecule has 9 unspecified atom stereocenters. The Kier molecular flexibility index (Phi) is 8.57. The highest BCUT2D eigenvalue weighted by molar-refractivity contribution is 9.10. The van der Waals surface area contributed by atoms with Gasteiger partial charge in [-0.2, -0.15) is 0 Å². The van der Waals surface area contributed by atoms with Crippen molar-refractivity contribution >= 4 is 21.9 Å². The summed E-state index contributed by atoms with van der Waals surface area (Å²) in [5.41, 5.74) is 2.48. The average molecular weight is 550 g/mol. The van der Waals surface area contributed by atoms with E-state index >= 15 is 0 Å². The third-order valence-corrected chi connectivity index (χ3v) is 12.8. The van der Waals surface area contributed by atoms with Crippen LogP contribution in [0.4, 0.5) is 0 Å². The van der Waals surface area contributed by atoms with E-state index in [2.05, 4.69) is 70.5 Å². The van der Waals surface area contributed by atoms with Crippen molar-refractivity contribution in [3.63, 3.8) is 0 Å². The van der Waals surface area contributed by atoms with Crippen LogP contribution in [-0.2, 0) is 9.53 Å². The first-order chi connectivity index (χ1) is 16.5. The van der Waals surface area contributed by atoms with Crippen LogP contribution in [0, 0.1) is 52.3 Å². The molecule has 3 fully saturated rings. The van der Waals surface area contributed by atoms with E-state index in [1.54, 1.807) is 5.57 Å². The number of esters is 1. The molecule has 4 aliphatic carbocycles. The van der Waals surface area contributed by atoms with Gasteiger partial charge in [0.1, 0.15) is 10.9 Å². The van der Waals surface area contributed by atoms with Crippen LogP contribution in [-0.4, -0.2) is 16.9 Å². The highest BCUT2D eigenvalue weighted by atomic mass is 79.9. The lowest BCUT2D eigenvalue weighted by atomic mass is 9.47. The molecule has 0 saturated heterocycles. The summed E-state index contributed by atoms with van der Waals surface area (Å²) in [7, 11) is 0. The molecule has 4 aliphatic rings. The van der Waals surface area contributed by atoms with E-state index in [0.29, 0.717) is 10.8 Å². The van der Waals surface area contributed by atoms with Gasteiger partial charge in [-0.15, -0.1) is 0 Å². The average Bonchev–Trinajstić information content (AvgIpc) is 3.15. The molecule has 0 spiro atoms. The number of carbonyl (C=O) groups excluding carboxylic acids is 1. The fourth-order valence-corrected chi connectivity index (χ4v) is 9.36. The summed E-state index contributed by atoms with van der Waals surface area (Å²) in [6.45, 7) is 16.7. The summed E-state index contributed by atoms with van der Waals surface area (Å²) in [5, 5.41) is 0. The van der Waals surface area contributed by atoms with Crippen LogP contribution in [0.3, 0.4) is 0 Å². The molecule has 0 aromatic heterocycles. The van der Waals surface area contributed by atoms with Crippen molar-refractivity contribution < 1.29 is 9.53 Å². The Labute approximate surface area is 224 Å². The van der Waals surface area contributed by atoms with Crippen molar-refractivity contribution in [1.82, 2.24) is 0 Å². The molecule has 0 aromatic carbocycles. The lowest BCUT2D eigenvalue weighted by molar-refractivity contribution is -0.151. The summed E-state index contributed by atoms with van der Waals surface area (Å²) in [6.07, 6.45) is 17.1. The van der Waals surface area contributed by atoms with Crippen LogP contribution in [0.1, 0.15) is 119 Å². The zero-order valence-electron chi connectivity index (χ0n) is 23.7. The fourth-order valence-electron chi connectivity index (χ4n) is 9.25. The van der Waals surface area contributed by atoms with Gasteiger partial charge in [0.25, 0.3) is 0 Å². The Hall–Kier alpha value is -0.310. The van der Waals surface area contributed by atoms with E-state index in [9.17, 15) is 4.79 Å². The van der Waals surface area contributed by atoms with Gasteiger partial charge in [-0.1, -0.05) is 95.3 Å². The van der Waals surface area contributed by atoms with Crippen LogP contribution >= 0.6 is 15.9 Å². The molecule has 4 rings (SSSR count). The van der Waals surface area contributed by atoms with Crippen LogP contribution in [0.15, 0.2) is 11.6 Å². The normalized spacial score (nSPS) is 40.5. The molecule has 0 aromatic rings. The van der Waals surface area contributed by atoms with Crippen molar-refractivity contribution in [3.8, 4) is 0 Å². The van der Waals surface area contributed by atoms with Gasteiger partial charge in [0, 0.05) is 6.42 Å². The molecule has 0 N–H and O–H groups in total. The lowest BCUT2D eigenvalue weighted by Gasteiger charge is -2.58. The van der Waals surface area contributed by atoms with E-state index in [0.717, 1.165) is 48.3 Å². The first kappa shape index (κ1) is 27.7. The zero-order valence-corrected chi connectivity index (χ0v) is 25.3. The highest BCUT2D eigenvalue weighted by Crippen LogP contribution is 2.67. The number of halogens is 1. The molecule has 3 saturated carbocycles. The second-order valence-corrected chi connectivity index (χ2v) is 15.2. The Balaban J connectivity index is 1.43. The molecule has 2 nitrogen and oxygen atoms in total. The van der Waals surface area contributed by atoms with Crippen molar-refractivity contribution in [1.29, 1.82) is 0 Å². The molecule has 9 atom stereocenters. The molecular weight excluding hydrogens is 496 g/mol. The van der Waals surface area contributed by atoms with Gasteiger partial charge < -0.3 is 4.74 Å². The van der Waals surface area contributed by atoms with Crippen LogP contribution in [0.5, 0.6) is 0 Å². The molecule has 0 bridgehead atoms. The molecule has 0 amide bonds. The topological polar surface area (TPSA) is 26.3 Å². The fraction of sp³-hybridized carbons (Fsp3) is 0.906. The largest absolute Gasteiger partial charge is 0.461 e. The Bertz CT molecular complexity index is 786. The van der Waals surface area contributed by atoms with E-state index in [4.69, 9.17) is 4.74 Å². The minimum atomic E-state index is -0.195. The first-order valence-corrected chi connectivity index (χ1v) is 15.9. The standard InChI is InChI=1S/C32H53BrO2/c1-20(2)9-8-10-22(5)26-13-14-27-25-12-11-23-19-24(35-30(34)29(33)21(3)4)15-17-31(23,6)28(25)16-18-32(26,27)7/h11,20-22,24-29H,8-10,12-19H2,1-7H3. The molecule has 0 radical (unpaired) electrons. The number of hydrogen-bond donors (Lipinski definition) is 0. The smallest absolute Gasteiger partial charge is 0.320 e. The van der Waals surface area contributed by atoms with E-state index < -0.39 is 0 Å². The monoisotopic (exact) mass is 548 g/mol. The van der Waals surface area contributed by atoms with Gasteiger partial charge >= 0.3 is 5.97 Å². The predicted molar refractivity (Wildman–Crippen MR) is 150 cm³/mol. The zero-order chi connectivity index (χ0) is 25.5. The Morgan fingerprint density at radius 1 is 1.03 bits per heavy atom. The summed E-state index contributed by atoms with van der Waals surface area (Å²) >= 11 is 3.54. The van der Waals surface area contributed by atoms with Crippen molar-refractivity contribution in [2.24, 2.45) is 52.3 Å². The van der Waals surface area contributed by atoms with Crippen molar-refractivity contribution in [2.75, 3.05) is 0 Å². The van der Waals surface area contributed by atoms with Crippen LogP contribution in [0.25, 0.3) is 0 Å². The maximum absolute atomic E-state index is 12.6. The van der Waals surface area contributed by atoms with Gasteiger partial charge in [0.05, 0.1) is 0 Å². The lowest BCUT2D eigenvalue weighted by Crippen LogP contribution is -2.51. The summed E-state index contributed by atoms with van der Waals surface area (Å²) in [6, 6.07) is 0. The molecule has 0 heterocycles. The molecule has 0 aliphatic heterocycles. The summed E-state index contributed by atoms with van der Waals surface area (Å²) in [4.78, 5) is 12.4. The van der Waals surface area contributed by atoms with Crippen molar-refractivity contribution in [3.05, 3.63) is 11.6 Å². The molecule has 35 heavy (non-hydrogen) atoms. The highest BCUT2D eigenvalue weighted by Gasteiger charge is 2.59. The molecule has 200 valence electrons. The number of hydrogen-bond acceptors (Lipinski definition) is 2. The van der Waals surface area contributed by atoms with Gasteiger partial charge in [-0.25, -0.2) is 0 Å². The quantitative estimate of drug-likeness (QED) is 0.171. The molecule has 3 heteroatoms. The third kappa shape index (κ3) is 5.33.